The second kappa shape index (κ2) is 8.36. The number of ether oxygens (including phenoxy) is 1. The van der Waals surface area contributed by atoms with Crippen LogP contribution in [-0.4, -0.2) is 26.7 Å². The number of carbonyl (C=O) groups is 1. The van der Waals surface area contributed by atoms with Gasteiger partial charge in [-0.2, -0.15) is 26.3 Å². The zero-order valence-corrected chi connectivity index (χ0v) is 17.4. The molecule has 0 bridgehead atoms. The van der Waals surface area contributed by atoms with Crippen molar-refractivity contribution in [2.45, 2.75) is 31.9 Å². The van der Waals surface area contributed by atoms with E-state index < -0.39 is 47.9 Å². The minimum Gasteiger partial charge on any atom is -0.479 e. The van der Waals surface area contributed by atoms with Crippen molar-refractivity contribution in [3.8, 4) is 5.75 Å². The number of hydrogen-bond donors (Lipinski definition) is 1. The highest BCUT2D eigenvalue weighted by molar-refractivity contribution is 6.36. The topological polar surface area (TPSA) is 64.4 Å². The van der Waals surface area contributed by atoms with Gasteiger partial charge in [0, 0.05) is 5.02 Å². The van der Waals surface area contributed by atoms with Gasteiger partial charge in [0.1, 0.15) is 5.75 Å². The molecule has 1 N–H and O–H groups in total. The Morgan fingerprint density at radius 1 is 1.09 bits per heavy atom. The lowest BCUT2D eigenvalue weighted by molar-refractivity contribution is -0.147. The van der Waals surface area contributed by atoms with Crippen molar-refractivity contribution < 1.29 is 41.0 Å². The molecular weight excluding hydrogens is 489 g/mol. The number of fused-ring (bicyclic) bond motifs is 1. The summed E-state index contributed by atoms with van der Waals surface area (Å²) in [5, 5.41) is 8.77. The van der Waals surface area contributed by atoms with Crippen LogP contribution >= 0.6 is 23.2 Å². The lowest BCUT2D eigenvalue weighted by Crippen LogP contribution is -2.23. The molecular formula is C19H12Cl2F6N2O3. The van der Waals surface area contributed by atoms with Crippen LogP contribution in [0.1, 0.15) is 23.9 Å². The Morgan fingerprint density at radius 3 is 2.31 bits per heavy atom. The van der Waals surface area contributed by atoms with Crippen molar-refractivity contribution >= 4 is 40.2 Å². The van der Waals surface area contributed by atoms with Gasteiger partial charge in [-0.1, -0.05) is 23.2 Å². The molecule has 2 aromatic carbocycles. The Hall–Kier alpha value is -2.66. The largest absolute Gasteiger partial charge is 0.479 e. The Balaban J connectivity index is 2.16. The molecule has 0 saturated carbocycles. The van der Waals surface area contributed by atoms with Crippen molar-refractivity contribution in [1.82, 2.24) is 9.55 Å². The van der Waals surface area contributed by atoms with Gasteiger partial charge in [-0.05, 0) is 42.8 Å². The molecule has 0 amide bonds. The molecule has 1 aromatic heterocycles. The number of carboxylic acids is 1. The monoisotopic (exact) mass is 500 g/mol. The molecule has 0 unspecified atom stereocenters. The molecule has 3 rings (SSSR count). The third kappa shape index (κ3) is 4.88. The van der Waals surface area contributed by atoms with Gasteiger partial charge in [-0.3, -0.25) is 0 Å². The zero-order chi connectivity index (χ0) is 24.0. The van der Waals surface area contributed by atoms with Crippen molar-refractivity contribution in [3.05, 3.63) is 57.3 Å². The summed E-state index contributed by atoms with van der Waals surface area (Å²) < 4.78 is 85.8. The highest BCUT2D eigenvalue weighted by atomic mass is 35.5. The van der Waals surface area contributed by atoms with Gasteiger partial charge in [0.25, 0.3) is 0 Å². The normalized spacial score (nSPS) is 13.4. The second-order valence-electron chi connectivity index (χ2n) is 6.69. The van der Waals surface area contributed by atoms with Crippen LogP contribution in [0.4, 0.5) is 26.3 Å². The summed E-state index contributed by atoms with van der Waals surface area (Å²) in [7, 11) is 0. The number of carboxylic acid groups (broad SMARTS) is 1. The quantitative estimate of drug-likeness (QED) is 0.418. The molecule has 1 atom stereocenters. The average molecular weight is 501 g/mol. The van der Waals surface area contributed by atoms with E-state index in [-0.39, 0.29) is 26.9 Å². The fourth-order valence-electron chi connectivity index (χ4n) is 2.87. The van der Waals surface area contributed by atoms with Crippen LogP contribution in [0.25, 0.3) is 11.0 Å². The molecule has 1 heterocycles. The van der Waals surface area contributed by atoms with Gasteiger partial charge in [-0.15, -0.1) is 0 Å². The van der Waals surface area contributed by atoms with Crippen molar-refractivity contribution in [2.75, 3.05) is 0 Å². The second-order valence-corrected chi connectivity index (χ2v) is 7.51. The molecule has 0 spiro atoms. The van der Waals surface area contributed by atoms with Crippen LogP contribution in [0, 0.1) is 0 Å². The lowest BCUT2D eigenvalue weighted by atomic mass is 10.1. The van der Waals surface area contributed by atoms with Gasteiger partial charge < -0.3 is 14.4 Å². The number of benzene rings is 2. The summed E-state index contributed by atoms with van der Waals surface area (Å²) in [6.45, 7) is 0.567. The molecule has 0 aliphatic rings. The van der Waals surface area contributed by atoms with E-state index in [1.54, 1.807) is 0 Å². The van der Waals surface area contributed by atoms with Crippen molar-refractivity contribution in [1.29, 1.82) is 0 Å². The molecule has 0 aliphatic heterocycles. The lowest BCUT2D eigenvalue weighted by Gasteiger charge is -2.16. The number of aliphatic carboxylic acids is 1. The maximum absolute atomic E-state index is 13.6. The van der Waals surface area contributed by atoms with Crippen LogP contribution in [-0.2, 0) is 23.7 Å². The van der Waals surface area contributed by atoms with E-state index in [9.17, 15) is 31.1 Å². The summed E-state index contributed by atoms with van der Waals surface area (Å²) in [6, 6.07) is 4.30. The number of alkyl halides is 6. The predicted octanol–water partition coefficient (Wildman–Crippen LogP) is 6.28. The van der Waals surface area contributed by atoms with Gasteiger partial charge >= 0.3 is 18.3 Å². The van der Waals surface area contributed by atoms with Gasteiger partial charge in [0.05, 0.1) is 28.2 Å². The molecule has 172 valence electrons. The molecule has 13 heteroatoms. The van der Waals surface area contributed by atoms with E-state index >= 15 is 0 Å². The molecule has 0 radical (unpaired) electrons. The first-order chi connectivity index (χ1) is 14.7. The number of nitrogens with zero attached hydrogens (tertiary/aromatic N) is 2. The highest BCUT2D eigenvalue weighted by Crippen LogP contribution is 2.37. The van der Waals surface area contributed by atoms with Crippen LogP contribution in [0.2, 0.25) is 10.0 Å². The van der Waals surface area contributed by atoms with E-state index in [0.717, 1.165) is 18.2 Å². The first-order valence-corrected chi connectivity index (χ1v) is 9.46. The standard InChI is InChI=1S/C19H12Cl2F6N2O3/c1-8(16(30)31)32-15-4-9(11(20)6-12(15)21)7-29-14-5-10(18(22,23)24)2-3-13(14)28-17(29)19(25,26)27/h2-6,8H,7H2,1H3,(H,30,31)/t8-/m0/s1. The maximum Gasteiger partial charge on any atom is 0.449 e. The fourth-order valence-corrected chi connectivity index (χ4v) is 3.36. The van der Waals surface area contributed by atoms with Crippen LogP contribution in [0.15, 0.2) is 30.3 Å². The average Bonchev–Trinajstić information content (AvgIpc) is 3.03. The minimum atomic E-state index is -4.98. The Morgan fingerprint density at radius 2 is 1.75 bits per heavy atom. The summed E-state index contributed by atoms with van der Waals surface area (Å²) in [4.78, 5) is 14.5. The van der Waals surface area contributed by atoms with E-state index in [2.05, 4.69) is 4.98 Å². The van der Waals surface area contributed by atoms with Crippen molar-refractivity contribution in [3.63, 3.8) is 0 Å². The van der Waals surface area contributed by atoms with Crippen LogP contribution in [0.5, 0.6) is 5.75 Å². The Labute approximate surface area is 186 Å². The van der Waals surface area contributed by atoms with E-state index in [1.165, 1.54) is 6.92 Å². The predicted molar refractivity (Wildman–Crippen MR) is 103 cm³/mol. The minimum absolute atomic E-state index is 0.00846. The third-order valence-electron chi connectivity index (χ3n) is 4.41. The first-order valence-electron chi connectivity index (χ1n) is 8.70. The van der Waals surface area contributed by atoms with Crippen molar-refractivity contribution in [2.24, 2.45) is 0 Å². The maximum atomic E-state index is 13.6. The van der Waals surface area contributed by atoms with Crippen LogP contribution in [0.3, 0.4) is 0 Å². The highest BCUT2D eigenvalue weighted by Gasteiger charge is 2.39. The SMILES string of the molecule is C[C@H](Oc1cc(Cn2c(C(F)(F)F)nc3ccc(C(F)(F)F)cc32)c(Cl)cc1Cl)C(=O)O. The Bertz CT molecular complexity index is 1190. The third-order valence-corrected chi connectivity index (χ3v) is 5.06. The fraction of sp³-hybridized carbons (Fsp3) is 0.263. The molecule has 3 aromatic rings. The van der Waals surface area contributed by atoms with E-state index in [0.29, 0.717) is 16.7 Å². The van der Waals surface area contributed by atoms with E-state index in [4.69, 9.17) is 33.0 Å². The summed E-state index contributed by atoms with van der Waals surface area (Å²) in [5.74, 6) is -2.92. The molecule has 0 aliphatic carbocycles. The number of rotatable bonds is 5. The molecule has 32 heavy (non-hydrogen) atoms. The zero-order valence-electron chi connectivity index (χ0n) is 15.9. The number of hydrogen-bond acceptors (Lipinski definition) is 3. The Kier molecular flexibility index (Phi) is 6.27. The summed E-state index contributed by atoms with van der Waals surface area (Å²) >= 11 is 12.1. The number of halogens is 8. The van der Waals surface area contributed by atoms with Gasteiger partial charge in [-0.25, -0.2) is 9.78 Å². The number of aromatic nitrogens is 2. The number of imidazole rings is 1. The molecule has 0 fully saturated rings. The van der Waals surface area contributed by atoms with E-state index in [1.807, 2.05) is 0 Å². The summed E-state index contributed by atoms with van der Waals surface area (Å²) in [6.07, 6.45) is -11.1. The first kappa shape index (κ1) is 24.0. The molecule has 0 saturated heterocycles. The smallest absolute Gasteiger partial charge is 0.449 e. The van der Waals surface area contributed by atoms with Gasteiger partial charge in [0.15, 0.2) is 6.10 Å². The van der Waals surface area contributed by atoms with Crippen LogP contribution < -0.4 is 4.74 Å². The van der Waals surface area contributed by atoms with Gasteiger partial charge in [0.2, 0.25) is 5.82 Å². The summed E-state index contributed by atoms with van der Waals surface area (Å²) in [5.41, 5.74) is -1.88. The molecule has 5 nitrogen and oxygen atoms in total.